The molecule has 14 heavy (non-hydrogen) atoms. The van der Waals surface area contributed by atoms with Crippen molar-refractivity contribution in [3.05, 3.63) is 44.6 Å². The van der Waals surface area contributed by atoms with Crippen LogP contribution in [0.25, 0.3) is 0 Å². The maximum Gasteiger partial charge on any atom is 0.337 e. The van der Waals surface area contributed by atoms with Crippen LogP contribution >= 0.6 is 11.6 Å². The fraction of sp³-hybridized carbons (Fsp3) is 0.125. The molecule has 1 rings (SSSR count). The first-order valence-electron chi connectivity index (χ1n) is 3.68. The summed E-state index contributed by atoms with van der Waals surface area (Å²) in [7, 11) is 0. The molecular formula is C8H6ClNO4. The van der Waals surface area contributed by atoms with Crippen molar-refractivity contribution in [3.63, 3.8) is 0 Å². The van der Waals surface area contributed by atoms with E-state index in [4.69, 9.17) is 16.7 Å². The van der Waals surface area contributed by atoms with Crippen molar-refractivity contribution in [1.29, 1.82) is 0 Å². The van der Waals surface area contributed by atoms with Crippen LogP contribution in [0.3, 0.4) is 0 Å². The summed E-state index contributed by atoms with van der Waals surface area (Å²) in [5, 5.41) is 19.1. The van der Waals surface area contributed by atoms with Crippen LogP contribution in [0.4, 0.5) is 0 Å². The Hall–Kier alpha value is -1.62. The number of halogens is 1. The lowest BCUT2D eigenvalue weighted by Gasteiger charge is -1.96. The van der Waals surface area contributed by atoms with Gasteiger partial charge in [0.25, 0.3) is 5.70 Å². The summed E-state index contributed by atoms with van der Waals surface area (Å²) >= 11 is 5.61. The molecule has 1 N–H and O–H groups in total. The lowest BCUT2D eigenvalue weighted by molar-refractivity contribution is -0.419. The molecule has 0 saturated heterocycles. The van der Waals surface area contributed by atoms with Crippen molar-refractivity contribution in [3.8, 4) is 0 Å². The highest BCUT2D eigenvalue weighted by Gasteiger charge is 2.18. The molecule has 0 spiro atoms. The van der Waals surface area contributed by atoms with Gasteiger partial charge in [0.2, 0.25) is 0 Å². The van der Waals surface area contributed by atoms with Crippen molar-refractivity contribution in [2.45, 2.75) is 6.42 Å². The lowest BCUT2D eigenvalue weighted by Crippen LogP contribution is -2.03. The maximum atomic E-state index is 10.6. The van der Waals surface area contributed by atoms with Crippen LogP contribution in [-0.4, -0.2) is 16.0 Å². The smallest absolute Gasteiger partial charge is 0.337 e. The molecule has 1 aliphatic carbocycles. The Labute approximate surface area is 84.1 Å². The van der Waals surface area contributed by atoms with Crippen LogP contribution in [0.5, 0.6) is 0 Å². The summed E-state index contributed by atoms with van der Waals surface area (Å²) in [6.07, 6.45) is 3.92. The van der Waals surface area contributed by atoms with Gasteiger partial charge in [0.1, 0.15) is 0 Å². The highest BCUT2D eigenvalue weighted by molar-refractivity contribution is 6.35. The fourth-order valence-electron chi connectivity index (χ4n) is 0.960. The number of carboxylic acids is 1. The third-order valence-electron chi connectivity index (χ3n) is 1.61. The summed E-state index contributed by atoms with van der Waals surface area (Å²) in [5.41, 5.74) is -0.513. The third kappa shape index (κ3) is 2.20. The monoisotopic (exact) mass is 215 g/mol. The normalized spacial score (nSPS) is 16.2. The summed E-state index contributed by atoms with van der Waals surface area (Å²) in [6, 6.07) is 0. The number of hydrogen-bond donors (Lipinski definition) is 1. The van der Waals surface area contributed by atoms with Gasteiger partial charge in [-0.05, 0) is 12.5 Å². The molecule has 1 aliphatic rings. The zero-order chi connectivity index (χ0) is 10.7. The quantitative estimate of drug-likeness (QED) is 0.561. The zero-order valence-corrected chi connectivity index (χ0v) is 7.69. The van der Waals surface area contributed by atoms with Crippen LogP contribution in [0.1, 0.15) is 6.42 Å². The van der Waals surface area contributed by atoms with Crippen LogP contribution in [0, 0.1) is 10.1 Å². The number of nitro groups is 1. The van der Waals surface area contributed by atoms with E-state index in [0.717, 1.165) is 6.08 Å². The SMILES string of the molecule is O=C(O)C1=CC([N+](=O)[O-])=CCC=C1Cl. The van der Waals surface area contributed by atoms with E-state index in [9.17, 15) is 14.9 Å². The van der Waals surface area contributed by atoms with Gasteiger partial charge < -0.3 is 5.11 Å². The minimum absolute atomic E-state index is 0.0191. The number of nitrogens with zero attached hydrogens (tertiary/aromatic N) is 1. The molecular weight excluding hydrogens is 210 g/mol. The van der Waals surface area contributed by atoms with E-state index < -0.39 is 10.9 Å². The van der Waals surface area contributed by atoms with Gasteiger partial charge in [-0.1, -0.05) is 17.7 Å². The average Bonchev–Trinajstić information content (AvgIpc) is 2.26. The molecule has 0 aromatic carbocycles. The molecule has 0 saturated carbocycles. The first kappa shape index (κ1) is 10.5. The van der Waals surface area contributed by atoms with Crippen molar-refractivity contribution in [2.24, 2.45) is 0 Å². The Balaban J connectivity index is 3.15. The molecule has 0 aromatic heterocycles. The highest BCUT2D eigenvalue weighted by Crippen LogP contribution is 2.21. The molecule has 0 amide bonds. The van der Waals surface area contributed by atoms with E-state index in [1.807, 2.05) is 0 Å². The molecule has 0 atom stereocenters. The Bertz CT molecular complexity index is 381. The minimum atomic E-state index is -1.28. The second kappa shape index (κ2) is 4.06. The van der Waals surface area contributed by atoms with E-state index in [-0.39, 0.29) is 22.7 Å². The lowest BCUT2D eigenvalue weighted by atomic mass is 10.2. The highest BCUT2D eigenvalue weighted by atomic mass is 35.5. The molecule has 0 unspecified atom stereocenters. The summed E-state index contributed by atoms with van der Waals surface area (Å²) in [6.45, 7) is 0. The maximum absolute atomic E-state index is 10.6. The van der Waals surface area contributed by atoms with Crippen LogP contribution in [0.2, 0.25) is 0 Å². The average molecular weight is 216 g/mol. The summed E-state index contributed by atoms with van der Waals surface area (Å²) in [4.78, 5) is 20.4. The van der Waals surface area contributed by atoms with Crippen molar-refractivity contribution in [2.75, 3.05) is 0 Å². The molecule has 74 valence electrons. The topological polar surface area (TPSA) is 80.4 Å². The van der Waals surface area contributed by atoms with Gasteiger partial charge in [0.15, 0.2) is 0 Å². The van der Waals surface area contributed by atoms with E-state index in [1.54, 1.807) is 0 Å². The van der Waals surface area contributed by atoms with Crippen molar-refractivity contribution in [1.82, 2.24) is 0 Å². The number of carboxylic acid groups (broad SMARTS) is 1. The fourth-order valence-corrected chi connectivity index (χ4v) is 1.18. The van der Waals surface area contributed by atoms with Gasteiger partial charge in [0, 0.05) is 6.08 Å². The molecule has 6 heteroatoms. The van der Waals surface area contributed by atoms with Gasteiger partial charge in [-0.2, -0.15) is 0 Å². The molecule has 5 nitrogen and oxygen atoms in total. The van der Waals surface area contributed by atoms with E-state index in [0.29, 0.717) is 0 Å². The Morgan fingerprint density at radius 3 is 2.71 bits per heavy atom. The molecule has 0 heterocycles. The number of hydrogen-bond acceptors (Lipinski definition) is 3. The number of rotatable bonds is 2. The van der Waals surface area contributed by atoms with Gasteiger partial charge in [-0.3, -0.25) is 10.1 Å². The summed E-state index contributed by atoms with van der Waals surface area (Å²) in [5.74, 6) is -1.28. The Morgan fingerprint density at radius 2 is 2.21 bits per heavy atom. The van der Waals surface area contributed by atoms with Crippen LogP contribution in [-0.2, 0) is 4.79 Å². The standard InChI is InChI=1S/C8H6ClNO4/c9-7-3-1-2-5(10(13)14)4-6(7)8(11)12/h2-4H,1H2,(H,11,12). The van der Waals surface area contributed by atoms with Gasteiger partial charge >= 0.3 is 5.97 Å². The number of allylic oxidation sites excluding steroid dienone is 3. The molecule has 0 radical (unpaired) electrons. The molecule has 0 fully saturated rings. The largest absolute Gasteiger partial charge is 0.478 e. The van der Waals surface area contributed by atoms with Crippen LogP contribution < -0.4 is 0 Å². The Morgan fingerprint density at radius 1 is 1.57 bits per heavy atom. The van der Waals surface area contributed by atoms with Crippen LogP contribution in [0.15, 0.2) is 34.5 Å². The minimum Gasteiger partial charge on any atom is -0.478 e. The van der Waals surface area contributed by atoms with E-state index >= 15 is 0 Å². The Kier molecular flexibility index (Phi) is 3.03. The predicted octanol–water partition coefficient (Wildman–Crippen LogP) is 1.68. The second-order valence-corrected chi connectivity index (χ2v) is 2.94. The van der Waals surface area contributed by atoms with Gasteiger partial charge in [0.05, 0.1) is 15.5 Å². The molecule has 0 bridgehead atoms. The van der Waals surface area contributed by atoms with E-state index in [1.165, 1.54) is 12.2 Å². The van der Waals surface area contributed by atoms with E-state index in [2.05, 4.69) is 0 Å². The molecule has 0 aliphatic heterocycles. The molecule has 0 aromatic rings. The van der Waals surface area contributed by atoms with Crippen molar-refractivity contribution < 1.29 is 14.8 Å². The number of carbonyl (C=O) groups is 1. The third-order valence-corrected chi connectivity index (χ3v) is 1.97. The van der Waals surface area contributed by atoms with Gasteiger partial charge in [-0.15, -0.1) is 0 Å². The summed E-state index contributed by atoms with van der Waals surface area (Å²) < 4.78 is 0. The second-order valence-electron chi connectivity index (χ2n) is 2.54. The first-order chi connectivity index (χ1) is 6.52. The predicted molar refractivity (Wildman–Crippen MR) is 49.3 cm³/mol. The van der Waals surface area contributed by atoms with Gasteiger partial charge in [-0.25, -0.2) is 4.79 Å². The first-order valence-corrected chi connectivity index (χ1v) is 4.05. The van der Waals surface area contributed by atoms with Crippen molar-refractivity contribution >= 4 is 17.6 Å². The number of aliphatic carboxylic acids is 1. The zero-order valence-electron chi connectivity index (χ0n) is 6.94.